The number of hydrogen-bond donors (Lipinski definition) is 2. The van der Waals surface area contributed by atoms with Gasteiger partial charge in [-0.1, -0.05) is 23.9 Å². The van der Waals surface area contributed by atoms with E-state index in [1.807, 2.05) is 0 Å². The predicted molar refractivity (Wildman–Crippen MR) is 101 cm³/mol. The van der Waals surface area contributed by atoms with Gasteiger partial charge in [0.2, 0.25) is 11.1 Å². The standard InChI is InChI=1S/C18H16FN5O2S/c1-11(25)12-5-7-15(8-6-12)21-16(26)10-27-18-23-22-17(24(18)20)13-3-2-4-14(19)9-13/h2-9H,10,20H2,1H3,(H,21,26). The highest BCUT2D eigenvalue weighted by molar-refractivity contribution is 7.99. The summed E-state index contributed by atoms with van der Waals surface area (Å²) in [5.74, 6) is 5.62. The number of anilines is 1. The zero-order chi connectivity index (χ0) is 19.4. The van der Waals surface area contributed by atoms with E-state index in [1.54, 1.807) is 36.4 Å². The summed E-state index contributed by atoms with van der Waals surface area (Å²) in [4.78, 5) is 23.3. The van der Waals surface area contributed by atoms with Crippen molar-refractivity contribution in [2.75, 3.05) is 16.9 Å². The summed E-state index contributed by atoms with van der Waals surface area (Å²) < 4.78 is 14.6. The summed E-state index contributed by atoms with van der Waals surface area (Å²) in [5.41, 5.74) is 1.65. The van der Waals surface area contributed by atoms with Crippen LogP contribution in [0, 0.1) is 5.82 Å². The number of aromatic nitrogens is 3. The maximum Gasteiger partial charge on any atom is 0.234 e. The minimum Gasteiger partial charge on any atom is -0.335 e. The molecular formula is C18H16FN5O2S. The van der Waals surface area contributed by atoms with E-state index < -0.39 is 5.82 Å². The fourth-order valence-corrected chi connectivity index (χ4v) is 2.97. The van der Waals surface area contributed by atoms with Crippen molar-refractivity contribution in [3.8, 4) is 11.4 Å². The summed E-state index contributed by atoms with van der Waals surface area (Å²) in [6.45, 7) is 1.48. The van der Waals surface area contributed by atoms with Crippen LogP contribution in [-0.4, -0.2) is 32.3 Å². The second-order valence-corrected chi connectivity index (χ2v) is 6.60. The van der Waals surface area contributed by atoms with E-state index in [0.717, 1.165) is 11.8 Å². The number of ketones is 1. The topological polar surface area (TPSA) is 103 Å². The van der Waals surface area contributed by atoms with Crippen LogP contribution in [0.1, 0.15) is 17.3 Å². The molecule has 3 rings (SSSR count). The molecule has 0 aliphatic rings. The molecule has 3 aromatic rings. The Hall–Kier alpha value is -3.20. The van der Waals surface area contributed by atoms with E-state index in [0.29, 0.717) is 27.8 Å². The Labute approximate surface area is 158 Å². The summed E-state index contributed by atoms with van der Waals surface area (Å²) in [5, 5.41) is 10.9. The maximum atomic E-state index is 13.3. The predicted octanol–water partition coefficient (Wildman–Crippen LogP) is 2.73. The zero-order valence-electron chi connectivity index (χ0n) is 14.3. The summed E-state index contributed by atoms with van der Waals surface area (Å²) in [6.07, 6.45) is 0. The normalized spacial score (nSPS) is 10.6. The van der Waals surface area contributed by atoms with Gasteiger partial charge in [-0.3, -0.25) is 9.59 Å². The van der Waals surface area contributed by atoms with Crippen LogP contribution in [0.2, 0.25) is 0 Å². The molecule has 0 bridgehead atoms. The molecule has 1 aromatic heterocycles. The Balaban J connectivity index is 1.61. The third kappa shape index (κ3) is 4.50. The summed E-state index contributed by atoms with van der Waals surface area (Å²) >= 11 is 1.11. The van der Waals surface area contributed by atoms with Gasteiger partial charge >= 0.3 is 0 Å². The van der Waals surface area contributed by atoms with E-state index in [2.05, 4.69) is 15.5 Å². The molecular weight excluding hydrogens is 369 g/mol. The first-order chi connectivity index (χ1) is 12.9. The van der Waals surface area contributed by atoms with Gasteiger partial charge < -0.3 is 11.2 Å². The van der Waals surface area contributed by atoms with Crippen molar-refractivity contribution in [3.05, 3.63) is 59.9 Å². The third-order valence-corrected chi connectivity index (χ3v) is 4.60. The van der Waals surface area contributed by atoms with Crippen molar-refractivity contribution in [2.45, 2.75) is 12.1 Å². The molecule has 1 amide bonds. The number of amides is 1. The molecule has 0 saturated heterocycles. The fraction of sp³-hybridized carbons (Fsp3) is 0.111. The van der Waals surface area contributed by atoms with Crippen LogP contribution in [0.5, 0.6) is 0 Å². The number of carbonyl (C=O) groups excluding carboxylic acids is 2. The second-order valence-electron chi connectivity index (χ2n) is 5.66. The van der Waals surface area contributed by atoms with E-state index >= 15 is 0 Å². The van der Waals surface area contributed by atoms with Crippen LogP contribution >= 0.6 is 11.8 Å². The highest BCUT2D eigenvalue weighted by Gasteiger charge is 2.14. The quantitative estimate of drug-likeness (QED) is 0.384. The lowest BCUT2D eigenvalue weighted by molar-refractivity contribution is -0.113. The molecule has 0 aliphatic carbocycles. The maximum absolute atomic E-state index is 13.3. The molecule has 3 N–H and O–H groups in total. The van der Waals surface area contributed by atoms with E-state index in [1.165, 1.54) is 23.7 Å². The van der Waals surface area contributed by atoms with Gasteiger partial charge in [-0.05, 0) is 43.3 Å². The van der Waals surface area contributed by atoms with Crippen molar-refractivity contribution in [1.82, 2.24) is 14.9 Å². The van der Waals surface area contributed by atoms with Gasteiger partial charge in [0.1, 0.15) is 5.82 Å². The molecule has 1 heterocycles. The van der Waals surface area contributed by atoms with E-state index in [4.69, 9.17) is 5.84 Å². The van der Waals surface area contributed by atoms with Gasteiger partial charge in [0.25, 0.3) is 0 Å². The van der Waals surface area contributed by atoms with Crippen molar-refractivity contribution in [2.24, 2.45) is 0 Å². The van der Waals surface area contributed by atoms with E-state index in [9.17, 15) is 14.0 Å². The Bertz CT molecular complexity index is 988. The van der Waals surface area contributed by atoms with Crippen LogP contribution in [0.4, 0.5) is 10.1 Å². The van der Waals surface area contributed by atoms with Crippen LogP contribution in [0.25, 0.3) is 11.4 Å². The first-order valence-electron chi connectivity index (χ1n) is 7.94. The van der Waals surface area contributed by atoms with Crippen LogP contribution in [0.3, 0.4) is 0 Å². The van der Waals surface area contributed by atoms with Crippen molar-refractivity contribution in [1.29, 1.82) is 0 Å². The van der Waals surface area contributed by atoms with Gasteiger partial charge in [0, 0.05) is 16.8 Å². The van der Waals surface area contributed by atoms with Gasteiger partial charge in [-0.25, -0.2) is 9.07 Å². The summed E-state index contributed by atoms with van der Waals surface area (Å²) in [6, 6.07) is 12.5. The highest BCUT2D eigenvalue weighted by Crippen LogP contribution is 2.22. The lowest BCUT2D eigenvalue weighted by Gasteiger charge is -2.06. The first kappa shape index (κ1) is 18.6. The number of carbonyl (C=O) groups is 2. The smallest absolute Gasteiger partial charge is 0.234 e. The molecule has 0 fully saturated rings. The first-order valence-corrected chi connectivity index (χ1v) is 8.92. The number of Topliss-reactive ketones (excluding diaryl/α,β-unsaturated/α-hetero) is 1. The molecule has 27 heavy (non-hydrogen) atoms. The minimum atomic E-state index is -0.403. The van der Waals surface area contributed by atoms with Crippen molar-refractivity contribution in [3.63, 3.8) is 0 Å². The molecule has 0 unspecified atom stereocenters. The number of nitrogens with zero attached hydrogens (tertiary/aromatic N) is 3. The molecule has 7 nitrogen and oxygen atoms in total. The molecule has 0 atom stereocenters. The SMILES string of the molecule is CC(=O)c1ccc(NC(=O)CSc2nnc(-c3cccc(F)c3)n2N)cc1. The van der Waals surface area contributed by atoms with Crippen LogP contribution < -0.4 is 11.2 Å². The van der Waals surface area contributed by atoms with Crippen molar-refractivity contribution >= 4 is 29.1 Å². The fourth-order valence-electron chi connectivity index (χ4n) is 2.32. The molecule has 2 aromatic carbocycles. The largest absolute Gasteiger partial charge is 0.335 e. The third-order valence-electron chi connectivity index (χ3n) is 3.65. The molecule has 138 valence electrons. The average Bonchev–Trinajstić information content (AvgIpc) is 3.01. The minimum absolute atomic E-state index is 0.0418. The Kier molecular flexibility index (Phi) is 5.51. The number of benzene rings is 2. The van der Waals surface area contributed by atoms with Crippen LogP contribution in [0.15, 0.2) is 53.7 Å². The molecule has 0 spiro atoms. The Morgan fingerprint density at radius 1 is 1.19 bits per heavy atom. The number of halogens is 1. The Morgan fingerprint density at radius 2 is 1.93 bits per heavy atom. The highest BCUT2D eigenvalue weighted by atomic mass is 32.2. The monoisotopic (exact) mass is 385 g/mol. The number of nitrogen functional groups attached to an aromatic ring is 1. The summed E-state index contributed by atoms with van der Waals surface area (Å²) in [7, 11) is 0. The number of nitrogens with two attached hydrogens (primary N) is 1. The lowest BCUT2D eigenvalue weighted by atomic mass is 10.1. The lowest BCUT2D eigenvalue weighted by Crippen LogP contribution is -2.16. The number of thioether (sulfide) groups is 1. The van der Waals surface area contributed by atoms with Gasteiger partial charge in [0.15, 0.2) is 11.6 Å². The molecule has 9 heteroatoms. The molecule has 0 aliphatic heterocycles. The Morgan fingerprint density at radius 3 is 2.59 bits per heavy atom. The second kappa shape index (κ2) is 8.00. The average molecular weight is 385 g/mol. The number of hydrogen-bond acceptors (Lipinski definition) is 6. The zero-order valence-corrected chi connectivity index (χ0v) is 15.2. The van der Waals surface area contributed by atoms with Crippen molar-refractivity contribution < 1.29 is 14.0 Å². The van der Waals surface area contributed by atoms with Gasteiger partial charge in [-0.15, -0.1) is 10.2 Å². The van der Waals surface area contributed by atoms with Crippen LogP contribution in [-0.2, 0) is 4.79 Å². The number of rotatable bonds is 6. The van der Waals surface area contributed by atoms with Gasteiger partial charge in [-0.2, -0.15) is 0 Å². The molecule has 0 radical (unpaired) electrons. The van der Waals surface area contributed by atoms with E-state index in [-0.39, 0.29) is 17.4 Å². The van der Waals surface area contributed by atoms with Gasteiger partial charge in [0.05, 0.1) is 5.75 Å². The number of nitrogens with one attached hydrogen (secondary N) is 1. The molecule has 0 saturated carbocycles.